The molecule has 3 nitrogen and oxygen atoms in total. The zero-order valence-corrected chi connectivity index (χ0v) is 16.3. The number of carbonyl (C=O) groups excluding carboxylic acids is 1. The number of nitrogens with zero attached hydrogens (tertiary/aromatic N) is 2. The van der Waals surface area contributed by atoms with Gasteiger partial charge in [0.25, 0.3) is 0 Å². The Labute approximate surface area is 163 Å². The highest BCUT2D eigenvalue weighted by Gasteiger charge is 2.32. The molecule has 1 saturated heterocycles. The Morgan fingerprint density at radius 3 is 2.33 bits per heavy atom. The van der Waals surface area contributed by atoms with E-state index in [0.717, 1.165) is 31.6 Å². The van der Waals surface area contributed by atoms with E-state index in [-0.39, 0.29) is 5.91 Å². The Morgan fingerprint density at radius 2 is 1.63 bits per heavy atom. The number of anilines is 1. The molecule has 27 heavy (non-hydrogen) atoms. The molecular formula is C24H30N2O. The zero-order valence-electron chi connectivity index (χ0n) is 16.3. The maximum atomic E-state index is 12.6. The summed E-state index contributed by atoms with van der Waals surface area (Å²) in [5, 5.41) is 0. The van der Waals surface area contributed by atoms with Crippen LogP contribution in [0.1, 0.15) is 43.7 Å². The van der Waals surface area contributed by atoms with Gasteiger partial charge in [0, 0.05) is 37.3 Å². The van der Waals surface area contributed by atoms with Crippen LogP contribution in [-0.4, -0.2) is 36.0 Å². The molecule has 2 aromatic rings. The summed E-state index contributed by atoms with van der Waals surface area (Å²) >= 11 is 0. The molecule has 1 heterocycles. The lowest BCUT2D eigenvalue weighted by atomic mass is 9.86. The van der Waals surface area contributed by atoms with Crippen LogP contribution >= 0.6 is 0 Å². The number of rotatable bonds is 4. The third-order valence-corrected chi connectivity index (χ3v) is 6.31. The highest BCUT2D eigenvalue weighted by atomic mass is 16.2. The first-order valence-electron chi connectivity index (χ1n) is 10.4. The topological polar surface area (TPSA) is 23.6 Å². The lowest BCUT2D eigenvalue weighted by Crippen LogP contribution is -2.51. The van der Waals surface area contributed by atoms with Gasteiger partial charge in [-0.05, 0) is 55.4 Å². The van der Waals surface area contributed by atoms with Crippen molar-refractivity contribution in [3.8, 4) is 0 Å². The number of fused-ring (bicyclic) bond motifs is 1. The average molecular weight is 363 g/mol. The van der Waals surface area contributed by atoms with Gasteiger partial charge in [-0.25, -0.2) is 0 Å². The van der Waals surface area contributed by atoms with Crippen molar-refractivity contribution in [2.24, 2.45) is 0 Å². The van der Waals surface area contributed by atoms with E-state index in [9.17, 15) is 4.79 Å². The van der Waals surface area contributed by atoms with E-state index in [1.54, 1.807) is 0 Å². The summed E-state index contributed by atoms with van der Waals surface area (Å²) in [6.07, 6.45) is 6.34. The average Bonchev–Trinajstić information content (AvgIpc) is 2.74. The minimum absolute atomic E-state index is 0.242. The van der Waals surface area contributed by atoms with Gasteiger partial charge in [0.1, 0.15) is 0 Å². The zero-order chi connectivity index (χ0) is 18.6. The largest absolute Gasteiger partial charge is 0.309 e. The summed E-state index contributed by atoms with van der Waals surface area (Å²) in [7, 11) is 0. The Bertz CT molecular complexity index is 765. The Balaban J connectivity index is 1.41. The number of amides is 1. The maximum absolute atomic E-state index is 12.6. The maximum Gasteiger partial charge on any atom is 0.226 e. The van der Waals surface area contributed by atoms with Crippen LogP contribution in [0.3, 0.4) is 0 Å². The van der Waals surface area contributed by atoms with E-state index in [0.29, 0.717) is 18.5 Å². The molecule has 1 fully saturated rings. The fourth-order valence-electron chi connectivity index (χ4n) is 4.82. The number of hydrogen-bond acceptors (Lipinski definition) is 2. The predicted molar refractivity (Wildman–Crippen MR) is 111 cm³/mol. The normalized spacial score (nSPS) is 20.9. The first-order valence-corrected chi connectivity index (χ1v) is 10.4. The van der Waals surface area contributed by atoms with Crippen molar-refractivity contribution in [3.05, 3.63) is 65.7 Å². The van der Waals surface area contributed by atoms with Gasteiger partial charge in [-0.2, -0.15) is 0 Å². The number of hydrogen-bond donors (Lipinski definition) is 0. The monoisotopic (exact) mass is 362 g/mol. The second-order valence-corrected chi connectivity index (χ2v) is 7.89. The number of piperidine rings is 1. The second-order valence-electron chi connectivity index (χ2n) is 7.89. The van der Waals surface area contributed by atoms with Crippen LogP contribution in [0.4, 0.5) is 5.69 Å². The molecule has 0 bridgehead atoms. The molecule has 0 spiro atoms. The van der Waals surface area contributed by atoms with E-state index in [2.05, 4.69) is 46.2 Å². The minimum Gasteiger partial charge on any atom is -0.309 e. The van der Waals surface area contributed by atoms with Crippen LogP contribution in [0.25, 0.3) is 0 Å². The van der Waals surface area contributed by atoms with E-state index in [4.69, 9.17) is 0 Å². The number of para-hydroxylation sites is 1. The molecule has 1 aliphatic heterocycles. The minimum atomic E-state index is 0.242. The molecule has 0 saturated carbocycles. The van der Waals surface area contributed by atoms with Crippen molar-refractivity contribution in [2.45, 2.75) is 57.5 Å². The Morgan fingerprint density at radius 1 is 0.963 bits per heavy atom. The highest BCUT2D eigenvalue weighted by Crippen LogP contribution is 2.29. The summed E-state index contributed by atoms with van der Waals surface area (Å²) in [5.74, 6) is 0.242. The van der Waals surface area contributed by atoms with E-state index >= 15 is 0 Å². The molecule has 0 N–H and O–H groups in total. The lowest BCUT2D eigenvalue weighted by molar-refractivity contribution is -0.119. The van der Waals surface area contributed by atoms with Crippen molar-refractivity contribution in [3.63, 3.8) is 0 Å². The molecule has 2 aliphatic rings. The fourth-order valence-corrected chi connectivity index (χ4v) is 4.82. The smallest absolute Gasteiger partial charge is 0.226 e. The van der Waals surface area contributed by atoms with Crippen LogP contribution in [0.5, 0.6) is 0 Å². The van der Waals surface area contributed by atoms with Gasteiger partial charge in [-0.3, -0.25) is 9.69 Å². The highest BCUT2D eigenvalue weighted by molar-refractivity contribution is 5.93. The second kappa shape index (κ2) is 8.26. The van der Waals surface area contributed by atoms with Gasteiger partial charge < -0.3 is 4.90 Å². The van der Waals surface area contributed by atoms with Crippen molar-refractivity contribution >= 4 is 11.6 Å². The van der Waals surface area contributed by atoms with E-state index in [1.807, 2.05) is 25.1 Å². The van der Waals surface area contributed by atoms with Crippen molar-refractivity contribution in [2.75, 3.05) is 18.0 Å². The van der Waals surface area contributed by atoms with Crippen LogP contribution in [0.2, 0.25) is 0 Å². The van der Waals surface area contributed by atoms with E-state index < -0.39 is 0 Å². The van der Waals surface area contributed by atoms with Gasteiger partial charge >= 0.3 is 0 Å². The molecule has 3 heteroatoms. The van der Waals surface area contributed by atoms with Gasteiger partial charge in [0.05, 0.1) is 0 Å². The molecule has 2 aromatic carbocycles. The molecule has 0 radical (unpaired) electrons. The number of likely N-dealkylation sites (tertiary alicyclic amines) is 1. The number of aryl methyl sites for hydroxylation is 1. The third kappa shape index (κ3) is 3.93. The van der Waals surface area contributed by atoms with Crippen LogP contribution in [-0.2, 0) is 17.6 Å². The summed E-state index contributed by atoms with van der Waals surface area (Å²) in [5.41, 5.74) is 4.12. The molecule has 1 unspecified atom stereocenters. The lowest BCUT2D eigenvalue weighted by Gasteiger charge is -2.42. The summed E-state index contributed by atoms with van der Waals surface area (Å²) in [4.78, 5) is 17.4. The van der Waals surface area contributed by atoms with E-state index in [1.165, 1.54) is 30.4 Å². The van der Waals surface area contributed by atoms with Crippen LogP contribution in [0.15, 0.2) is 54.6 Å². The standard InChI is InChI=1S/C24H30N2O/c1-2-24(27)26(21-10-4-3-5-11-21)22-14-16-25(17-15-22)23-13-12-19-8-6-7-9-20(19)18-23/h3-11,22-23H,2,12-18H2,1H3. The predicted octanol–water partition coefficient (Wildman–Crippen LogP) is 4.45. The van der Waals surface area contributed by atoms with Gasteiger partial charge in [0.15, 0.2) is 0 Å². The number of benzene rings is 2. The first kappa shape index (κ1) is 18.2. The Kier molecular flexibility index (Phi) is 5.58. The molecule has 1 atom stereocenters. The molecule has 142 valence electrons. The number of carbonyl (C=O) groups is 1. The molecular weight excluding hydrogens is 332 g/mol. The molecule has 4 rings (SSSR count). The van der Waals surface area contributed by atoms with Crippen LogP contribution in [0, 0.1) is 0 Å². The summed E-state index contributed by atoms with van der Waals surface area (Å²) in [6.45, 7) is 4.16. The van der Waals surface area contributed by atoms with Crippen LogP contribution < -0.4 is 4.90 Å². The molecule has 0 aromatic heterocycles. The third-order valence-electron chi connectivity index (χ3n) is 6.31. The van der Waals surface area contributed by atoms with Gasteiger partial charge in [0.2, 0.25) is 5.91 Å². The summed E-state index contributed by atoms with van der Waals surface area (Å²) in [6, 6.07) is 20.1. The molecule has 1 aliphatic carbocycles. The first-order chi connectivity index (χ1) is 13.3. The SMILES string of the molecule is CCC(=O)N(c1ccccc1)C1CCN(C2CCc3ccccc3C2)CC1. The fraction of sp³-hybridized carbons (Fsp3) is 0.458. The molecule has 1 amide bonds. The Hall–Kier alpha value is -2.13. The summed E-state index contributed by atoms with van der Waals surface area (Å²) < 4.78 is 0. The van der Waals surface area contributed by atoms with Crippen molar-refractivity contribution in [1.29, 1.82) is 0 Å². The van der Waals surface area contributed by atoms with Crippen molar-refractivity contribution < 1.29 is 4.79 Å². The van der Waals surface area contributed by atoms with Crippen molar-refractivity contribution in [1.82, 2.24) is 4.90 Å². The quantitative estimate of drug-likeness (QED) is 0.802. The van der Waals surface area contributed by atoms with Gasteiger partial charge in [-0.1, -0.05) is 49.4 Å². The van der Waals surface area contributed by atoms with Gasteiger partial charge in [-0.15, -0.1) is 0 Å².